The van der Waals surface area contributed by atoms with Gasteiger partial charge in [-0.25, -0.2) is 0 Å². The highest BCUT2D eigenvalue weighted by Crippen LogP contribution is 2.19. The first-order valence-corrected chi connectivity index (χ1v) is 9.97. The number of carbonyl (C=O) groups excluding carboxylic acids is 1. The molecule has 0 radical (unpaired) electrons. The van der Waals surface area contributed by atoms with Crippen LogP contribution in [0.1, 0.15) is 53.7 Å². The molecule has 28 heavy (non-hydrogen) atoms. The maximum absolute atomic E-state index is 13.0. The van der Waals surface area contributed by atoms with Crippen LogP contribution in [-0.2, 0) is 6.54 Å². The highest BCUT2D eigenvalue weighted by molar-refractivity contribution is 5.98. The SMILES string of the molecule is Cc1nc2ccn(Cc3ccccc3)c(=O)c2cc1C(=O)NC1CCCCC1. The lowest BCUT2D eigenvalue weighted by Crippen LogP contribution is -2.36. The van der Waals surface area contributed by atoms with Crippen LogP contribution in [0, 0.1) is 6.92 Å². The molecule has 0 spiro atoms. The van der Waals surface area contributed by atoms with Gasteiger partial charge in [0.25, 0.3) is 11.5 Å². The summed E-state index contributed by atoms with van der Waals surface area (Å²) in [6.07, 6.45) is 7.37. The van der Waals surface area contributed by atoms with Crippen LogP contribution in [-0.4, -0.2) is 21.5 Å². The number of rotatable bonds is 4. The third kappa shape index (κ3) is 3.84. The first-order chi connectivity index (χ1) is 13.6. The first-order valence-electron chi connectivity index (χ1n) is 9.97. The molecule has 1 fully saturated rings. The third-order valence-electron chi connectivity index (χ3n) is 5.53. The number of amides is 1. The molecule has 2 aromatic heterocycles. The van der Waals surface area contributed by atoms with Crippen molar-refractivity contribution in [2.75, 3.05) is 0 Å². The number of benzene rings is 1. The van der Waals surface area contributed by atoms with Crippen molar-refractivity contribution in [1.82, 2.24) is 14.9 Å². The summed E-state index contributed by atoms with van der Waals surface area (Å²) in [5, 5.41) is 3.61. The van der Waals surface area contributed by atoms with Crippen molar-refractivity contribution in [2.24, 2.45) is 0 Å². The van der Waals surface area contributed by atoms with E-state index in [0.29, 0.717) is 28.7 Å². The van der Waals surface area contributed by atoms with E-state index in [4.69, 9.17) is 0 Å². The summed E-state index contributed by atoms with van der Waals surface area (Å²) in [6, 6.07) is 13.6. The summed E-state index contributed by atoms with van der Waals surface area (Å²) in [4.78, 5) is 30.3. The molecule has 0 unspecified atom stereocenters. The number of pyridine rings is 2. The summed E-state index contributed by atoms with van der Waals surface area (Å²) in [6.45, 7) is 2.32. The number of hydrogen-bond donors (Lipinski definition) is 1. The number of fused-ring (bicyclic) bond motifs is 1. The Morgan fingerprint density at radius 3 is 2.64 bits per heavy atom. The molecule has 144 valence electrons. The predicted octanol–water partition coefficient (Wildman–Crippen LogP) is 3.82. The highest BCUT2D eigenvalue weighted by atomic mass is 16.1. The molecule has 0 aliphatic heterocycles. The van der Waals surface area contributed by atoms with E-state index in [1.54, 1.807) is 16.8 Å². The average Bonchev–Trinajstić information content (AvgIpc) is 2.71. The fourth-order valence-electron chi connectivity index (χ4n) is 3.95. The van der Waals surface area contributed by atoms with Crippen LogP contribution in [0.15, 0.2) is 53.5 Å². The number of hydrogen-bond acceptors (Lipinski definition) is 3. The molecule has 1 N–H and O–H groups in total. The fourth-order valence-corrected chi connectivity index (χ4v) is 3.95. The minimum Gasteiger partial charge on any atom is -0.349 e. The van der Waals surface area contributed by atoms with Gasteiger partial charge in [-0.15, -0.1) is 0 Å². The van der Waals surface area contributed by atoms with E-state index in [1.807, 2.05) is 43.3 Å². The standard InChI is InChI=1S/C23H25N3O2/c1-16-19(22(27)25-18-10-6-3-7-11-18)14-20-21(24-16)12-13-26(23(20)28)15-17-8-4-2-5-9-17/h2,4-5,8-9,12-14,18H,3,6-7,10-11,15H2,1H3,(H,25,27). The van der Waals surface area contributed by atoms with Crippen molar-refractivity contribution in [3.63, 3.8) is 0 Å². The van der Waals surface area contributed by atoms with Crippen LogP contribution in [0.5, 0.6) is 0 Å². The molecule has 1 saturated carbocycles. The lowest BCUT2D eigenvalue weighted by Gasteiger charge is -2.23. The van der Waals surface area contributed by atoms with Crippen molar-refractivity contribution >= 4 is 16.8 Å². The number of aromatic nitrogens is 2. The molecule has 1 aliphatic carbocycles. The Bertz CT molecular complexity index is 1050. The van der Waals surface area contributed by atoms with E-state index in [1.165, 1.54) is 6.42 Å². The number of nitrogens with one attached hydrogen (secondary N) is 1. The average molecular weight is 375 g/mol. The molecule has 0 atom stereocenters. The highest BCUT2D eigenvalue weighted by Gasteiger charge is 2.19. The van der Waals surface area contributed by atoms with Crippen LogP contribution in [0.2, 0.25) is 0 Å². The third-order valence-corrected chi connectivity index (χ3v) is 5.53. The van der Waals surface area contributed by atoms with Gasteiger partial charge in [0.05, 0.1) is 28.7 Å². The van der Waals surface area contributed by atoms with Gasteiger partial charge in [-0.3, -0.25) is 14.6 Å². The fraction of sp³-hybridized carbons (Fsp3) is 0.348. The van der Waals surface area contributed by atoms with Crippen LogP contribution in [0.3, 0.4) is 0 Å². The molecule has 5 nitrogen and oxygen atoms in total. The molecule has 0 saturated heterocycles. The molecule has 3 aromatic rings. The zero-order valence-corrected chi connectivity index (χ0v) is 16.1. The largest absolute Gasteiger partial charge is 0.349 e. The quantitative estimate of drug-likeness (QED) is 0.754. The Balaban J connectivity index is 1.66. The molecule has 1 aliphatic rings. The van der Waals surface area contributed by atoms with Crippen LogP contribution in [0.4, 0.5) is 0 Å². The lowest BCUT2D eigenvalue weighted by atomic mass is 9.95. The molecule has 2 heterocycles. The molecular formula is C23H25N3O2. The van der Waals surface area contributed by atoms with Crippen molar-refractivity contribution in [3.8, 4) is 0 Å². The minimum atomic E-state index is -0.128. The molecule has 0 bridgehead atoms. The minimum absolute atomic E-state index is 0.124. The predicted molar refractivity (Wildman–Crippen MR) is 111 cm³/mol. The van der Waals surface area contributed by atoms with Gasteiger partial charge in [-0.05, 0) is 37.5 Å². The van der Waals surface area contributed by atoms with E-state index < -0.39 is 0 Å². The molecule has 4 rings (SSSR count). The van der Waals surface area contributed by atoms with E-state index in [9.17, 15) is 9.59 Å². The van der Waals surface area contributed by atoms with Crippen LogP contribution < -0.4 is 10.9 Å². The van der Waals surface area contributed by atoms with E-state index in [-0.39, 0.29) is 17.5 Å². The first kappa shape index (κ1) is 18.4. The van der Waals surface area contributed by atoms with Gasteiger partial charge in [0.2, 0.25) is 0 Å². The molecular weight excluding hydrogens is 350 g/mol. The van der Waals surface area contributed by atoms with Gasteiger partial charge >= 0.3 is 0 Å². The second-order valence-corrected chi connectivity index (χ2v) is 7.60. The second-order valence-electron chi connectivity index (χ2n) is 7.60. The van der Waals surface area contributed by atoms with E-state index in [0.717, 1.165) is 31.2 Å². The van der Waals surface area contributed by atoms with Crippen molar-refractivity contribution in [1.29, 1.82) is 0 Å². The summed E-state index contributed by atoms with van der Waals surface area (Å²) in [5.74, 6) is -0.128. The Kier molecular flexibility index (Phi) is 5.24. The monoisotopic (exact) mass is 375 g/mol. The van der Waals surface area contributed by atoms with Gasteiger partial charge in [-0.1, -0.05) is 49.6 Å². The van der Waals surface area contributed by atoms with Gasteiger partial charge in [0.15, 0.2) is 0 Å². The summed E-state index contributed by atoms with van der Waals surface area (Å²) >= 11 is 0. The summed E-state index contributed by atoms with van der Waals surface area (Å²) < 4.78 is 1.66. The zero-order valence-electron chi connectivity index (χ0n) is 16.1. The summed E-state index contributed by atoms with van der Waals surface area (Å²) in [7, 11) is 0. The maximum Gasteiger partial charge on any atom is 0.260 e. The van der Waals surface area contributed by atoms with Crippen LogP contribution >= 0.6 is 0 Å². The van der Waals surface area contributed by atoms with Crippen molar-refractivity contribution < 1.29 is 4.79 Å². The Labute approximate surface area is 164 Å². The van der Waals surface area contributed by atoms with Crippen molar-refractivity contribution in [2.45, 2.75) is 51.6 Å². The van der Waals surface area contributed by atoms with Gasteiger partial charge in [0.1, 0.15) is 0 Å². The molecule has 1 aromatic carbocycles. The van der Waals surface area contributed by atoms with Gasteiger partial charge in [0, 0.05) is 12.2 Å². The van der Waals surface area contributed by atoms with E-state index >= 15 is 0 Å². The summed E-state index contributed by atoms with van der Waals surface area (Å²) in [5.41, 5.74) is 2.70. The Hall–Kier alpha value is -2.95. The lowest BCUT2D eigenvalue weighted by molar-refractivity contribution is 0.0927. The normalized spacial score (nSPS) is 14.9. The number of carbonyl (C=O) groups is 1. The maximum atomic E-state index is 13.0. The topological polar surface area (TPSA) is 64.0 Å². The number of nitrogens with zero attached hydrogens (tertiary/aromatic N) is 2. The Morgan fingerprint density at radius 2 is 1.89 bits per heavy atom. The Morgan fingerprint density at radius 1 is 1.14 bits per heavy atom. The van der Waals surface area contributed by atoms with E-state index in [2.05, 4.69) is 10.3 Å². The van der Waals surface area contributed by atoms with Gasteiger partial charge < -0.3 is 9.88 Å². The second kappa shape index (κ2) is 7.97. The molecule has 5 heteroatoms. The smallest absolute Gasteiger partial charge is 0.260 e. The zero-order chi connectivity index (χ0) is 19.5. The van der Waals surface area contributed by atoms with Crippen molar-refractivity contribution in [3.05, 3.63) is 75.8 Å². The van der Waals surface area contributed by atoms with Crippen LogP contribution in [0.25, 0.3) is 10.9 Å². The number of aryl methyl sites for hydroxylation is 1. The molecule has 1 amide bonds. The van der Waals surface area contributed by atoms with Gasteiger partial charge in [-0.2, -0.15) is 0 Å².